The Morgan fingerprint density at radius 2 is 2.25 bits per heavy atom. The van der Waals surface area contributed by atoms with Crippen LogP contribution in [-0.2, 0) is 0 Å². The molecule has 1 fully saturated rings. The van der Waals surface area contributed by atoms with Crippen molar-refractivity contribution in [1.82, 2.24) is 9.97 Å². The molecule has 1 N–H and O–H groups in total. The van der Waals surface area contributed by atoms with Gasteiger partial charge in [0, 0.05) is 19.6 Å². The largest absolute Gasteiger partial charge is 0.372 e. The van der Waals surface area contributed by atoms with Crippen molar-refractivity contribution in [2.24, 2.45) is 0 Å². The van der Waals surface area contributed by atoms with Crippen molar-refractivity contribution >= 4 is 11.6 Å². The molecule has 0 spiro atoms. The van der Waals surface area contributed by atoms with Gasteiger partial charge in [-0.25, -0.2) is 4.98 Å². The van der Waals surface area contributed by atoms with E-state index < -0.39 is 0 Å². The topological polar surface area (TPSA) is 41.1 Å². The second-order valence-corrected chi connectivity index (χ2v) is 4.29. The molecular weight excluding hydrogens is 200 g/mol. The molecule has 4 heteroatoms. The molecule has 1 aliphatic rings. The molecule has 0 radical (unpaired) electrons. The van der Waals surface area contributed by atoms with Crippen molar-refractivity contribution in [3.63, 3.8) is 0 Å². The van der Waals surface area contributed by atoms with E-state index >= 15 is 0 Å². The van der Waals surface area contributed by atoms with E-state index in [-0.39, 0.29) is 0 Å². The first-order chi connectivity index (χ1) is 7.85. The highest BCUT2D eigenvalue weighted by Crippen LogP contribution is 2.30. The smallest absolute Gasteiger partial charge is 0.149 e. The highest BCUT2D eigenvalue weighted by atomic mass is 15.2. The van der Waals surface area contributed by atoms with E-state index in [1.54, 1.807) is 6.20 Å². The average Bonchev–Trinajstić information content (AvgIpc) is 3.14. The second-order valence-electron chi connectivity index (χ2n) is 4.29. The van der Waals surface area contributed by atoms with Gasteiger partial charge in [-0.3, -0.25) is 4.98 Å². The quantitative estimate of drug-likeness (QED) is 0.798. The molecule has 0 unspecified atom stereocenters. The third kappa shape index (κ3) is 2.62. The number of hydrogen-bond acceptors (Lipinski definition) is 4. The van der Waals surface area contributed by atoms with Crippen LogP contribution in [0.2, 0.25) is 0 Å². The second kappa shape index (κ2) is 5.14. The molecule has 1 aromatic heterocycles. The molecule has 1 saturated carbocycles. The SMILES string of the molecule is CCCCN(c1cncc(NC)n1)C1CC1. The minimum Gasteiger partial charge on any atom is -0.372 e. The van der Waals surface area contributed by atoms with Gasteiger partial charge in [-0.05, 0) is 19.3 Å². The molecule has 4 nitrogen and oxygen atoms in total. The summed E-state index contributed by atoms with van der Waals surface area (Å²) in [7, 11) is 1.88. The number of nitrogens with zero attached hydrogens (tertiary/aromatic N) is 3. The van der Waals surface area contributed by atoms with Crippen LogP contribution in [0.5, 0.6) is 0 Å². The first-order valence-corrected chi connectivity index (χ1v) is 6.11. The van der Waals surface area contributed by atoms with Crippen LogP contribution in [-0.4, -0.2) is 29.6 Å². The predicted molar refractivity (Wildman–Crippen MR) is 66.9 cm³/mol. The van der Waals surface area contributed by atoms with Gasteiger partial charge in [0.2, 0.25) is 0 Å². The molecule has 0 atom stereocenters. The summed E-state index contributed by atoms with van der Waals surface area (Å²) >= 11 is 0. The highest BCUT2D eigenvalue weighted by molar-refractivity contribution is 5.45. The van der Waals surface area contributed by atoms with Crippen molar-refractivity contribution < 1.29 is 0 Å². The van der Waals surface area contributed by atoms with Crippen LogP contribution in [0.3, 0.4) is 0 Å². The summed E-state index contributed by atoms with van der Waals surface area (Å²) in [4.78, 5) is 11.2. The first kappa shape index (κ1) is 11.2. The number of aromatic nitrogens is 2. The monoisotopic (exact) mass is 220 g/mol. The summed E-state index contributed by atoms with van der Waals surface area (Å²) in [6.07, 6.45) is 8.68. The zero-order valence-electron chi connectivity index (χ0n) is 10.1. The van der Waals surface area contributed by atoms with E-state index in [9.17, 15) is 0 Å². The Balaban J connectivity index is 2.10. The number of rotatable bonds is 6. The summed E-state index contributed by atoms with van der Waals surface area (Å²) in [6, 6.07) is 0.702. The van der Waals surface area contributed by atoms with E-state index in [0.717, 1.165) is 18.2 Å². The molecule has 2 rings (SSSR count). The fraction of sp³-hybridized carbons (Fsp3) is 0.667. The van der Waals surface area contributed by atoms with E-state index in [4.69, 9.17) is 0 Å². The molecule has 0 saturated heterocycles. The van der Waals surface area contributed by atoms with Crippen molar-refractivity contribution in [3.05, 3.63) is 12.4 Å². The lowest BCUT2D eigenvalue weighted by Crippen LogP contribution is -2.28. The number of hydrogen-bond donors (Lipinski definition) is 1. The Labute approximate surface area is 97.1 Å². The maximum absolute atomic E-state index is 4.56. The van der Waals surface area contributed by atoms with Gasteiger partial charge < -0.3 is 10.2 Å². The van der Waals surface area contributed by atoms with Crippen LogP contribution in [0.15, 0.2) is 12.4 Å². The van der Waals surface area contributed by atoms with Gasteiger partial charge in [-0.2, -0.15) is 0 Å². The van der Waals surface area contributed by atoms with Crippen LogP contribution in [0, 0.1) is 0 Å². The van der Waals surface area contributed by atoms with Crippen LogP contribution in [0.1, 0.15) is 32.6 Å². The lowest BCUT2D eigenvalue weighted by atomic mass is 10.3. The molecule has 1 aromatic rings. The van der Waals surface area contributed by atoms with Crippen LogP contribution < -0.4 is 10.2 Å². The Kier molecular flexibility index (Phi) is 3.59. The molecule has 88 valence electrons. The van der Waals surface area contributed by atoms with Crippen LogP contribution >= 0.6 is 0 Å². The van der Waals surface area contributed by atoms with Gasteiger partial charge in [-0.15, -0.1) is 0 Å². The number of nitrogens with one attached hydrogen (secondary N) is 1. The van der Waals surface area contributed by atoms with Crippen LogP contribution in [0.4, 0.5) is 11.6 Å². The summed E-state index contributed by atoms with van der Waals surface area (Å²) in [5, 5.41) is 3.04. The third-order valence-electron chi connectivity index (χ3n) is 2.91. The average molecular weight is 220 g/mol. The Bertz CT molecular complexity index is 336. The normalized spacial score (nSPS) is 14.9. The standard InChI is InChI=1S/C12H20N4/c1-3-4-7-16(10-5-6-10)12-9-14-8-11(13-2)15-12/h8-10H,3-7H2,1-2H3,(H,13,15). The molecule has 0 bridgehead atoms. The van der Waals surface area contributed by atoms with Gasteiger partial charge in [0.25, 0.3) is 0 Å². The Morgan fingerprint density at radius 3 is 2.88 bits per heavy atom. The molecule has 0 aromatic carbocycles. The van der Waals surface area contributed by atoms with Crippen molar-refractivity contribution in [1.29, 1.82) is 0 Å². The van der Waals surface area contributed by atoms with Gasteiger partial charge in [0.05, 0.1) is 12.4 Å². The highest BCUT2D eigenvalue weighted by Gasteiger charge is 2.29. The molecular formula is C12H20N4. The van der Waals surface area contributed by atoms with Crippen molar-refractivity contribution in [2.75, 3.05) is 23.8 Å². The molecule has 16 heavy (non-hydrogen) atoms. The van der Waals surface area contributed by atoms with Gasteiger partial charge in [0.15, 0.2) is 0 Å². The zero-order valence-corrected chi connectivity index (χ0v) is 10.1. The summed E-state index contributed by atoms with van der Waals surface area (Å²) in [5.41, 5.74) is 0. The van der Waals surface area contributed by atoms with E-state index in [0.29, 0.717) is 6.04 Å². The molecule has 1 heterocycles. The maximum Gasteiger partial charge on any atom is 0.149 e. The fourth-order valence-corrected chi connectivity index (χ4v) is 1.81. The van der Waals surface area contributed by atoms with Crippen LogP contribution in [0.25, 0.3) is 0 Å². The molecule has 0 aliphatic heterocycles. The minimum absolute atomic E-state index is 0.702. The lowest BCUT2D eigenvalue weighted by molar-refractivity contribution is 0.703. The lowest BCUT2D eigenvalue weighted by Gasteiger charge is -2.23. The van der Waals surface area contributed by atoms with Gasteiger partial charge >= 0.3 is 0 Å². The number of unbranched alkanes of at least 4 members (excludes halogenated alkanes) is 1. The first-order valence-electron chi connectivity index (χ1n) is 6.11. The van der Waals surface area contributed by atoms with E-state index in [1.807, 2.05) is 13.2 Å². The third-order valence-corrected chi connectivity index (χ3v) is 2.91. The summed E-state index contributed by atoms with van der Waals surface area (Å²) in [5.74, 6) is 1.86. The van der Waals surface area contributed by atoms with Crippen molar-refractivity contribution in [3.8, 4) is 0 Å². The van der Waals surface area contributed by atoms with Crippen molar-refractivity contribution in [2.45, 2.75) is 38.6 Å². The number of anilines is 2. The molecule has 0 amide bonds. The maximum atomic E-state index is 4.56. The van der Waals surface area contributed by atoms with E-state index in [2.05, 4.69) is 27.1 Å². The summed E-state index contributed by atoms with van der Waals surface area (Å²) < 4.78 is 0. The Morgan fingerprint density at radius 1 is 1.44 bits per heavy atom. The van der Waals surface area contributed by atoms with Gasteiger partial charge in [-0.1, -0.05) is 13.3 Å². The predicted octanol–water partition coefficient (Wildman–Crippen LogP) is 2.29. The molecule has 1 aliphatic carbocycles. The fourth-order valence-electron chi connectivity index (χ4n) is 1.81. The van der Waals surface area contributed by atoms with Gasteiger partial charge in [0.1, 0.15) is 11.6 Å². The summed E-state index contributed by atoms with van der Waals surface area (Å²) in [6.45, 7) is 3.32. The zero-order chi connectivity index (χ0) is 11.4. The minimum atomic E-state index is 0.702. The van der Waals surface area contributed by atoms with E-state index in [1.165, 1.54) is 25.7 Å². The Hall–Kier alpha value is -1.32.